The second kappa shape index (κ2) is 12.2. The molecule has 4 heteroatoms. The minimum absolute atomic E-state index is 0.00453. The molecule has 24 heavy (non-hydrogen) atoms. The number of hydrogen-bond donors (Lipinski definition) is 1. The van der Waals surface area contributed by atoms with Gasteiger partial charge in [0.25, 0.3) is 0 Å². The van der Waals surface area contributed by atoms with Crippen molar-refractivity contribution in [2.45, 2.75) is 90.2 Å². The topological polar surface area (TPSA) is 69.4 Å². The molecule has 2 atom stereocenters. The van der Waals surface area contributed by atoms with E-state index in [0.29, 0.717) is 12.8 Å². The monoisotopic (exact) mass is 335 g/mol. The lowest BCUT2D eigenvalue weighted by atomic mass is 9.97. The number of carbonyl (C=O) groups excluding carboxylic acids is 2. The first-order valence-electron chi connectivity index (χ1n) is 9.41. The van der Waals surface area contributed by atoms with Crippen LogP contribution in [0.3, 0.4) is 0 Å². The third-order valence-corrected chi connectivity index (χ3v) is 4.38. The van der Waals surface area contributed by atoms with Crippen LogP contribution >= 0.6 is 0 Å². The molecule has 0 aromatic carbocycles. The lowest BCUT2D eigenvalue weighted by Gasteiger charge is -2.13. The maximum Gasteiger partial charge on any atom is 0.158 e. The average molecular weight is 335 g/mol. The van der Waals surface area contributed by atoms with Crippen molar-refractivity contribution in [3.05, 3.63) is 0 Å². The number of carbonyl (C=O) groups is 2. The highest BCUT2D eigenvalue weighted by Crippen LogP contribution is 2.12. The number of Topliss-reactive ketones (excluding diaryl/α,β-unsaturated/α-hetero) is 2. The van der Waals surface area contributed by atoms with Gasteiger partial charge in [0.15, 0.2) is 11.6 Å². The van der Waals surface area contributed by atoms with E-state index in [9.17, 15) is 9.59 Å². The molecule has 0 saturated carbocycles. The predicted molar refractivity (Wildman–Crippen MR) is 96.5 cm³/mol. The van der Waals surface area contributed by atoms with Crippen LogP contribution < -0.4 is 5.73 Å². The van der Waals surface area contributed by atoms with E-state index in [1.165, 1.54) is 12.8 Å². The molecule has 1 aliphatic carbocycles. The molecule has 0 radical (unpaired) electrons. The highest BCUT2D eigenvalue weighted by molar-refractivity contribution is 5.85. The Balaban J connectivity index is 2.08. The molecule has 136 valence electrons. The van der Waals surface area contributed by atoms with E-state index in [2.05, 4.69) is 11.8 Å². The van der Waals surface area contributed by atoms with Gasteiger partial charge in [-0.25, -0.2) is 0 Å². The van der Waals surface area contributed by atoms with Gasteiger partial charge in [-0.3, -0.25) is 9.59 Å². The fraction of sp³-hybridized carbons (Fsp3) is 0.800. The second-order valence-electron chi connectivity index (χ2n) is 7.02. The van der Waals surface area contributed by atoms with Crippen LogP contribution in [0.15, 0.2) is 0 Å². The van der Waals surface area contributed by atoms with Gasteiger partial charge in [0.1, 0.15) is 12.7 Å². The van der Waals surface area contributed by atoms with E-state index >= 15 is 0 Å². The summed E-state index contributed by atoms with van der Waals surface area (Å²) >= 11 is 0. The van der Waals surface area contributed by atoms with Gasteiger partial charge < -0.3 is 10.5 Å². The smallest absolute Gasteiger partial charge is 0.158 e. The Bertz CT molecular complexity index is 448. The molecule has 0 aromatic rings. The first kappa shape index (κ1) is 20.9. The fourth-order valence-electron chi connectivity index (χ4n) is 2.80. The fourth-order valence-corrected chi connectivity index (χ4v) is 2.80. The van der Waals surface area contributed by atoms with Crippen molar-refractivity contribution in [2.75, 3.05) is 6.61 Å². The van der Waals surface area contributed by atoms with Gasteiger partial charge in [-0.05, 0) is 32.1 Å². The number of rotatable bonds is 11. The summed E-state index contributed by atoms with van der Waals surface area (Å²) < 4.78 is 5.65. The van der Waals surface area contributed by atoms with Gasteiger partial charge in [-0.1, -0.05) is 39.0 Å². The molecule has 0 amide bonds. The molecular weight excluding hydrogens is 302 g/mol. The predicted octanol–water partition coefficient (Wildman–Crippen LogP) is 3.41. The number of hydrogen-bond acceptors (Lipinski definition) is 4. The second-order valence-corrected chi connectivity index (χ2v) is 7.02. The third kappa shape index (κ3) is 9.20. The maximum absolute atomic E-state index is 11.9. The van der Waals surface area contributed by atoms with E-state index in [4.69, 9.17) is 10.5 Å². The molecule has 0 bridgehead atoms. The molecular formula is C20H33NO3. The van der Waals surface area contributed by atoms with Crippen LogP contribution in [0.5, 0.6) is 0 Å². The van der Waals surface area contributed by atoms with E-state index < -0.39 is 0 Å². The largest absolute Gasteiger partial charge is 0.358 e. The van der Waals surface area contributed by atoms with Crippen LogP contribution in [0, 0.1) is 17.8 Å². The molecule has 0 heterocycles. The van der Waals surface area contributed by atoms with E-state index in [1.54, 1.807) is 0 Å². The van der Waals surface area contributed by atoms with Gasteiger partial charge >= 0.3 is 0 Å². The molecule has 0 spiro atoms. The Morgan fingerprint density at radius 1 is 1.17 bits per heavy atom. The maximum atomic E-state index is 11.9. The zero-order valence-corrected chi connectivity index (χ0v) is 15.3. The summed E-state index contributed by atoms with van der Waals surface area (Å²) in [7, 11) is 0. The molecule has 4 nitrogen and oxygen atoms in total. The van der Waals surface area contributed by atoms with Crippen molar-refractivity contribution in [2.24, 2.45) is 11.7 Å². The van der Waals surface area contributed by atoms with Gasteiger partial charge in [0.2, 0.25) is 0 Å². The lowest BCUT2D eigenvalue weighted by Crippen LogP contribution is -2.33. The number of ketones is 2. The first-order valence-corrected chi connectivity index (χ1v) is 9.41. The van der Waals surface area contributed by atoms with Crippen LogP contribution in [-0.2, 0) is 14.3 Å². The summed E-state index contributed by atoms with van der Waals surface area (Å²) in [5, 5.41) is 0. The summed E-state index contributed by atoms with van der Waals surface area (Å²) in [5.41, 5.74) is 5.86. The Morgan fingerprint density at radius 3 is 2.71 bits per heavy atom. The van der Waals surface area contributed by atoms with Crippen molar-refractivity contribution >= 4 is 11.6 Å². The van der Waals surface area contributed by atoms with E-state index in [-0.39, 0.29) is 36.2 Å². The quantitative estimate of drug-likeness (QED) is 0.464. The van der Waals surface area contributed by atoms with Gasteiger partial charge in [-0.15, -0.1) is 5.92 Å². The summed E-state index contributed by atoms with van der Waals surface area (Å²) in [5.74, 6) is 6.50. The van der Waals surface area contributed by atoms with Crippen LogP contribution in [0.2, 0.25) is 0 Å². The normalized spacial score (nSPS) is 19.1. The molecule has 0 aromatic heterocycles. The summed E-state index contributed by atoms with van der Waals surface area (Å²) in [4.78, 5) is 23.6. The van der Waals surface area contributed by atoms with Crippen LogP contribution in [0.1, 0.15) is 78.1 Å². The van der Waals surface area contributed by atoms with Crippen molar-refractivity contribution in [3.63, 3.8) is 0 Å². The van der Waals surface area contributed by atoms with E-state index in [1.807, 2.05) is 13.8 Å². The lowest BCUT2D eigenvalue weighted by molar-refractivity contribution is -0.125. The van der Waals surface area contributed by atoms with Crippen molar-refractivity contribution in [1.82, 2.24) is 0 Å². The standard InChI is InChI=1S/C20H33NO3/c1-16(2)20(23)19(21)14-10-6-7-11-17(22)15-24-18-12-8-4-3-5-9-13-18/h16,18-19H,3-8,10-12,14-15,21H2,1-2H3/t18?,19-/m0/s1. The first-order chi connectivity index (χ1) is 11.5. The molecule has 0 saturated heterocycles. The number of unbranched alkanes of at least 4 members (excludes halogenated alkanes) is 2. The van der Waals surface area contributed by atoms with Crippen molar-refractivity contribution < 1.29 is 14.3 Å². The van der Waals surface area contributed by atoms with Crippen LogP contribution in [-0.4, -0.2) is 30.3 Å². The highest BCUT2D eigenvalue weighted by Gasteiger charge is 2.16. The summed E-state index contributed by atoms with van der Waals surface area (Å²) in [6, 6.07) is -0.359. The van der Waals surface area contributed by atoms with Crippen LogP contribution in [0.25, 0.3) is 0 Å². The molecule has 1 aliphatic rings. The Kier molecular flexibility index (Phi) is 10.6. The number of ether oxygens (including phenoxy) is 1. The minimum atomic E-state index is -0.359. The average Bonchev–Trinajstić information content (AvgIpc) is 2.52. The Morgan fingerprint density at radius 2 is 1.96 bits per heavy atom. The molecule has 1 rings (SSSR count). The minimum Gasteiger partial charge on any atom is -0.358 e. The van der Waals surface area contributed by atoms with Gasteiger partial charge in [0.05, 0.1) is 6.04 Å². The Labute approximate surface area is 146 Å². The zero-order chi connectivity index (χ0) is 17.8. The zero-order valence-electron chi connectivity index (χ0n) is 15.3. The third-order valence-electron chi connectivity index (χ3n) is 4.38. The van der Waals surface area contributed by atoms with Crippen molar-refractivity contribution in [1.29, 1.82) is 0 Å². The van der Waals surface area contributed by atoms with E-state index in [0.717, 1.165) is 38.5 Å². The molecule has 0 fully saturated rings. The summed E-state index contributed by atoms with van der Waals surface area (Å²) in [6.07, 6.45) is 9.19. The highest BCUT2D eigenvalue weighted by atomic mass is 16.5. The van der Waals surface area contributed by atoms with Gasteiger partial charge in [-0.2, -0.15) is 0 Å². The molecule has 1 unspecified atom stereocenters. The molecule has 2 N–H and O–H groups in total. The number of nitrogens with two attached hydrogens (primary N) is 1. The van der Waals surface area contributed by atoms with Crippen LogP contribution in [0.4, 0.5) is 0 Å². The van der Waals surface area contributed by atoms with Gasteiger partial charge in [0, 0.05) is 18.8 Å². The summed E-state index contributed by atoms with van der Waals surface area (Å²) in [6.45, 7) is 3.92. The SMILES string of the molecule is CC(C)C(=O)[C@@H](N)CCCCCC(=O)COC1C#CCCCCC1. The Hall–Kier alpha value is -1.18. The van der Waals surface area contributed by atoms with Crippen molar-refractivity contribution in [3.8, 4) is 11.8 Å². The molecule has 0 aliphatic heterocycles.